The molecule has 0 aliphatic carbocycles. The quantitative estimate of drug-likeness (QED) is 0.848. The standard InChI is InChI=1S/C14H17BrN2O2/c1-17-9-16-14(15)12(17)6-4-10-8-11(18-2)5-7-13(10)19-3/h5,7-9H,4,6H2,1-3H3. The second-order valence-electron chi connectivity index (χ2n) is 4.27. The van der Waals surface area contributed by atoms with Crippen LogP contribution in [0.3, 0.4) is 0 Å². The van der Waals surface area contributed by atoms with E-state index in [0.29, 0.717) is 0 Å². The lowest BCUT2D eigenvalue weighted by molar-refractivity contribution is 0.398. The third-order valence-corrected chi connectivity index (χ3v) is 3.79. The Hall–Kier alpha value is -1.49. The number of hydrogen-bond donors (Lipinski definition) is 0. The number of benzene rings is 1. The molecule has 19 heavy (non-hydrogen) atoms. The van der Waals surface area contributed by atoms with Crippen molar-refractivity contribution in [1.82, 2.24) is 9.55 Å². The summed E-state index contributed by atoms with van der Waals surface area (Å²) in [7, 11) is 5.35. The lowest BCUT2D eigenvalue weighted by atomic mass is 10.1. The van der Waals surface area contributed by atoms with Crippen molar-refractivity contribution in [3.05, 3.63) is 40.4 Å². The van der Waals surface area contributed by atoms with Crippen molar-refractivity contribution in [2.24, 2.45) is 7.05 Å². The van der Waals surface area contributed by atoms with Crippen molar-refractivity contribution >= 4 is 15.9 Å². The van der Waals surface area contributed by atoms with Crippen LogP contribution in [0.2, 0.25) is 0 Å². The molecule has 0 unspecified atom stereocenters. The van der Waals surface area contributed by atoms with Gasteiger partial charge in [0.25, 0.3) is 0 Å². The van der Waals surface area contributed by atoms with E-state index in [-0.39, 0.29) is 0 Å². The second-order valence-corrected chi connectivity index (χ2v) is 5.02. The van der Waals surface area contributed by atoms with Gasteiger partial charge < -0.3 is 14.0 Å². The lowest BCUT2D eigenvalue weighted by Gasteiger charge is -2.10. The molecule has 1 aromatic heterocycles. The number of halogens is 1. The summed E-state index contributed by atoms with van der Waals surface area (Å²) < 4.78 is 13.6. The molecule has 1 aromatic carbocycles. The molecule has 0 saturated heterocycles. The highest BCUT2D eigenvalue weighted by atomic mass is 79.9. The third kappa shape index (κ3) is 3.10. The molecule has 102 valence electrons. The van der Waals surface area contributed by atoms with Crippen molar-refractivity contribution in [3.63, 3.8) is 0 Å². The highest BCUT2D eigenvalue weighted by Gasteiger charge is 2.09. The Morgan fingerprint density at radius 2 is 2.00 bits per heavy atom. The van der Waals surface area contributed by atoms with E-state index in [4.69, 9.17) is 9.47 Å². The Balaban J connectivity index is 2.18. The number of nitrogens with zero attached hydrogens (tertiary/aromatic N) is 2. The molecule has 2 rings (SSSR count). The predicted octanol–water partition coefficient (Wildman–Crippen LogP) is 2.99. The van der Waals surface area contributed by atoms with Crippen LogP contribution in [0, 0.1) is 0 Å². The van der Waals surface area contributed by atoms with Crippen LogP contribution in [0.5, 0.6) is 11.5 Å². The summed E-state index contributed by atoms with van der Waals surface area (Å²) in [6, 6.07) is 5.86. The Morgan fingerprint density at radius 3 is 2.58 bits per heavy atom. The normalized spacial score (nSPS) is 10.5. The van der Waals surface area contributed by atoms with E-state index >= 15 is 0 Å². The first-order valence-electron chi connectivity index (χ1n) is 6.02. The first-order valence-corrected chi connectivity index (χ1v) is 6.81. The summed E-state index contributed by atoms with van der Waals surface area (Å²) in [6.45, 7) is 0. The number of aromatic nitrogens is 2. The van der Waals surface area contributed by atoms with Gasteiger partial charge in [-0.3, -0.25) is 0 Å². The summed E-state index contributed by atoms with van der Waals surface area (Å²) in [5.74, 6) is 1.74. The molecular formula is C14H17BrN2O2. The Labute approximate surface area is 121 Å². The summed E-state index contributed by atoms with van der Waals surface area (Å²) in [6.07, 6.45) is 3.57. The van der Waals surface area contributed by atoms with Crippen molar-refractivity contribution in [2.45, 2.75) is 12.8 Å². The highest BCUT2D eigenvalue weighted by Crippen LogP contribution is 2.26. The first-order chi connectivity index (χ1) is 9.15. The van der Waals surface area contributed by atoms with Gasteiger partial charge in [0.05, 0.1) is 26.2 Å². The SMILES string of the molecule is COc1ccc(OC)c(CCc2c(Br)ncn2C)c1. The molecule has 0 bridgehead atoms. The minimum Gasteiger partial charge on any atom is -0.497 e. The largest absolute Gasteiger partial charge is 0.497 e. The zero-order chi connectivity index (χ0) is 13.8. The number of ether oxygens (including phenoxy) is 2. The van der Waals surface area contributed by atoms with E-state index in [9.17, 15) is 0 Å². The molecular weight excluding hydrogens is 308 g/mol. The van der Waals surface area contributed by atoms with Gasteiger partial charge in [-0.15, -0.1) is 0 Å². The van der Waals surface area contributed by atoms with Crippen molar-refractivity contribution < 1.29 is 9.47 Å². The minimum atomic E-state index is 0.847. The van der Waals surface area contributed by atoms with E-state index in [0.717, 1.165) is 34.5 Å². The number of imidazole rings is 1. The Kier molecular flexibility index (Phi) is 4.47. The monoisotopic (exact) mass is 324 g/mol. The minimum absolute atomic E-state index is 0.847. The zero-order valence-electron chi connectivity index (χ0n) is 11.3. The Bertz CT molecular complexity index is 547. The molecule has 1 heterocycles. The number of aryl methyl sites for hydroxylation is 2. The van der Waals surface area contributed by atoms with Gasteiger partial charge in [-0.2, -0.15) is 0 Å². The van der Waals surface area contributed by atoms with E-state index in [1.165, 1.54) is 5.69 Å². The van der Waals surface area contributed by atoms with Crippen LogP contribution in [-0.2, 0) is 19.9 Å². The van der Waals surface area contributed by atoms with Gasteiger partial charge in [-0.25, -0.2) is 4.98 Å². The van der Waals surface area contributed by atoms with E-state index in [2.05, 4.69) is 20.9 Å². The van der Waals surface area contributed by atoms with Crippen LogP contribution in [-0.4, -0.2) is 23.8 Å². The first kappa shape index (κ1) is 13.9. The van der Waals surface area contributed by atoms with Gasteiger partial charge in [-0.1, -0.05) is 0 Å². The maximum atomic E-state index is 5.39. The van der Waals surface area contributed by atoms with Crippen LogP contribution in [0.1, 0.15) is 11.3 Å². The zero-order valence-corrected chi connectivity index (χ0v) is 12.9. The number of methoxy groups -OCH3 is 2. The molecule has 0 radical (unpaired) electrons. The van der Waals surface area contributed by atoms with Crippen LogP contribution < -0.4 is 9.47 Å². The average molecular weight is 325 g/mol. The second kappa shape index (κ2) is 6.10. The topological polar surface area (TPSA) is 36.3 Å². The fraction of sp³-hybridized carbons (Fsp3) is 0.357. The summed E-state index contributed by atoms with van der Waals surface area (Å²) in [5, 5.41) is 0. The van der Waals surface area contributed by atoms with Gasteiger partial charge in [0, 0.05) is 7.05 Å². The lowest BCUT2D eigenvalue weighted by Crippen LogP contribution is -2.01. The molecule has 4 nitrogen and oxygen atoms in total. The van der Waals surface area contributed by atoms with Crippen LogP contribution in [0.4, 0.5) is 0 Å². The molecule has 5 heteroatoms. The predicted molar refractivity (Wildman–Crippen MR) is 77.9 cm³/mol. The van der Waals surface area contributed by atoms with Crippen molar-refractivity contribution in [3.8, 4) is 11.5 Å². The van der Waals surface area contributed by atoms with Crippen LogP contribution in [0.25, 0.3) is 0 Å². The van der Waals surface area contributed by atoms with E-state index in [1.807, 2.05) is 36.1 Å². The van der Waals surface area contributed by atoms with Gasteiger partial charge in [-0.05, 0) is 52.5 Å². The summed E-state index contributed by atoms with van der Waals surface area (Å²) >= 11 is 3.47. The van der Waals surface area contributed by atoms with Gasteiger partial charge in [0.15, 0.2) is 0 Å². The number of hydrogen-bond acceptors (Lipinski definition) is 3. The maximum absolute atomic E-state index is 5.39. The van der Waals surface area contributed by atoms with Crippen molar-refractivity contribution in [2.75, 3.05) is 14.2 Å². The molecule has 0 saturated carbocycles. The molecule has 0 fully saturated rings. The van der Waals surface area contributed by atoms with Crippen molar-refractivity contribution in [1.29, 1.82) is 0 Å². The molecule has 0 N–H and O–H groups in total. The van der Waals surface area contributed by atoms with Crippen LogP contribution >= 0.6 is 15.9 Å². The molecule has 0 amide bonds. The van der Waals surface area contributed by atoms with Gasteiger partial charge >= 0.3 is 0 Å². The summed E-state index contributed by atoms with van der Waals surface area (Å²) in [4.78, 5) is 4.23. The van der Waals surface area contributed by atoms with Gasteiger partial charge in [0.1, 0.15) is 16.1 Å². The smallest absolute Gasteiger partial charge is 0.127 e. The summed E-state index contributed by atoms with van der Waals surface area (Å²) in [5.41, 5.74) is 2.31. The van der Waals surface area contributed by atoms with E-state index < -0.39 is 0 Å². The maximum Gasteiger partial charge on any atom is 0.127 e. The van der Waals surface area contributed by atoms with Gasteiger partial charge in [0.2, 0.25) is 0 Å². The molecule has 0 atom stereocenters. The molecule has 0 aliphatic heterocycles. The highest BCUT2D eigenvalue weighted by molar-refractivity contribution is 9.10. The molecule has 0 aliphatic rings. The Morgan fingerprint density at radius 1 is 1.21 bits per heavy atom. The van der Waals surface area contributed by atoms with Crippen LogP contribution in [0.15, 0.2) is 29.1 Å². The molecule has 2 aromatic rings. The fourth-order valence-corrected chi connectivity index (χ4v) is 2.61. The molecule has 0 spiro atoms. The fourth-order valence-electron chi connectivity index (χ4n) is 2.04. The van der Waals surface area contributed by atoms with E-state index in [1.54, 1.807) is 14.2 Å². The average Bonchev–Trinajstić information content (AvgIpc) is 2.75. The third-order valence-electron chi connectivity index (χ3n) is 3.13. The number of rotatable bonds is 5.